The Morgan fingerprint density at radius 3 is 2.09 bits per heavy atom. The van der Waals surface area contributed by atoms with Gasteiger partial charge in [-0.1, -0.05) is 84.8 Å². The van der Waals surface area contributed by atoms with Crippen LogP contribution in [0.5, 0.6) is 0 Å². The lowest BCUT2D eigenvalue weighted by Gasteiger charge is -2.14. The second-order valence-corrected chi connectivity index (χ2v) is 7.64. The van der Waals surface area contributed by atoms with E-state index in [1.165, 1.54) is 0 Å². The van der Waals surface area contributed by atoms with Crippen LogP contribution in [0, 0.1) is 11.8 Å². The Kier molecular flexibility index (Phi) is 6.89. The molecule has 7 heteroatoms. The fourth-order valence-corrected chi connectivity index (χ4v) is 3.99. The number of hydrogen-bond donors (Lipinski definition) is 3. The Hall–Kier alpha value is -4.57. The quantitative estimate of drug-likeness (QED) is 0.495. The van der Waals surface area contributed by atoms with E-state index in [1.54, 1.807) is 30.3 Å². The fraction of sp³-hybridized carbons (Fsp3) is 0.148. The van der Waals surface area contributed by atoms with E-state index >= 15 is 0 Å². The Bertz CT molecular complexity index is 1230. The Morgan fingerprint density at radius 1 is 0.882 bits per heavy atom. The molecule has 0 spiro atoms. The molecule has 3 N–H and O–H groups in total. The summed E-state index contributed by atoms with van der Waals surface area (Å²) >= 11 is 0. The maximum absolute atomic E-state index is 12.1. The predicted molar refractivity (Wildman–Crippen MR) is 126 cm³/mol. The molecular weight excluding hydrogens is 432 g/mol. The monoisotopic (exact) mass is 454 g/mol. The van der Waals surface area contributed by atoms with Crippen LogP contribution in [0.4, 0.5) is 4.79 Å². The number of ether oxygens (including phenoxy) is 1. The van der Waals surface area contributed by atoms with Gasteiger partial charge in [0.1, 0.15) is 6.61 Å². The standard InChI is InChI=1S/C27H22N2O5/c30-24(29-25(26(31)32)18-9-2-1-3-10-18)15-8-16-28-27(33)34-17-23-21-13-6-4-11-19(21)20-12-5-7-14-22(20)23/h1-7,9-14,23,25H,16-17H2,(H,28,33)(H,29,30)(H,31,32). The van der Waals surface area contributed by atoms with Gasteiger partial charge >= 0.3 is 12.1 Å². The van der Waals surface area contributed by atoms with Gasteiger partial charge in [0.2, 0.25) is 0 Å². The molecule has 1 aliphatic carbocycles. The van der Waals surface area contributed by atoms with E-state index in [1.807, 2.05) is 36.4 Å². The molecule has 0 aromatic heterocycles. The summed E-state index contributed by atoms with van der Waals surface area (Å²) in [7, 11) is 0. The number of amides is 2. The van der Waals surface area contributed by atoms with Crippen LogP contribution >= 0.6 is 0 Å². The predicted octanol–water partition coefficient (Wildman–Crippen LogP) is 3.47. The molecule has 0 saturated carbocycles. The van der Waals surface area contributed by atoms with E-state index in [0.717, 1.165) is 22.3 Å². The van der Waals surface area contributed by atoms with Crippen molar-refractivity contribution in [1.29, 1.82) is 0 Å². The van der Waals surface area contributed by atoms with Gasteiger partial charge in [-0.3, -0.25) is 4.79 Å². The average molecular weight is 454 g/mol. The molecule has 170 valence electrons. The molecule has 0 aliphatic heterocycles. The maximum Gasteiger partial charge on any atom is 0.407 e. The third-order valence-electron chi connectivity index (χ3n) is 5.52. The topological polar surface area (TPSA) is 105 Å². The molecule has 1 unspecified atom stereocenters. The summed E-state index contributed by atoms with van der Waals surface area (Å²) in [5.74, 6) is 2.78. The lowest BCUT2D eigenvalue weighted by Crippen LogP contribution is -2.33. The number of carbonyl (C=O) groups excluding carboxylic acids is 2. The molecule has 0 heterocycles. The van der Waals surface area contributed by atoms with Crippen molar-refractivity contribution in [3.05, 3.63) is 95.6 Å². The van der Waals surface area contributed by atoms with Gasteiger partial charge in [0.15, 0.2) is 6.04 Å². The molecule has 0 bridgehead atoms. The number of carboxylic acids is 1. The van der Waals surface area contributed by atoms with Gasteiger partial charge in [-0.2, -0.15) is 0 Å². The lowest BCUT2D eigenvalue weighted by atomic mass is 9.98. The third kappa shape index (κ3) is 5.08. The van der Waals surface area contributed by atoms with Gasteiger partial charge in [-0.05, 0) is 33.7 Å². The number of nitrogens with one attached hydrogen (secondary N) is 2. The zero-order chi connectivity index (χ0) is 23.9. The zero-order valence-electron chi connectivity index (χ0n) is 18.2. The molecule has 34 heavy (non-hydrogen) atoms. The minimum Gasteiger partial charge on any atom is -0.479 e. The molecule has 3 aromatic carbocycles. The fourth-order valence-electron chi connectivity index (χ4n) is 3.99. The van der Waals surface area contributed by atoms with E-state index < -0.39 is 24.0 Å². The van der Waals surface area contributed by atoms with Gasteiger partial charge in [-0.25, -0.2) is 9.59 Å². The number of hydrogen-bond acceptors (Lipinski definition) is 4. The molecule has 2 amide bonds. The van der Waals surface area contributed by atoms with Crippen molar-refractivity contribution in [1.82, 2.24) is 10.6 Å². The SMILES string of the molecule is O=C(C#CCNC(=O)OCC1c2ccccc2-c2ccccc21)NC(C(=O)O)c1ccccc1. The summed E-state index contributed by atoms with van der Waals surface area (Å²) in [4.78, 5) is 35.6. The van der Waals surface area contributed by atoms with Crippen molar-refractivity contribution in [2.24, 2.45) is 0 Å². The first kappa shape index (κ1) is 22.6. The molecule has 4 rings (SSSR count). The highest BCUT2D eigenvalue weighted by Crippen LogP contribution is 2.44. The zero-order valence-corrected chi connectivity index (χ0v) is 18.2. The Morgan fingerprint density at radius 2 is 1.47 bits per heavy atom. The summed E-state index contributed by atoms with van der Waals surface area (Å²) in [6, 6.07) is 23.2. The highest BCUT2D eigenvalue weighted by atomic mass is 16.5. The van der Waals surface area contributed by atoms with Crippen LogP contribution in [-0.4, -0.2) is 36.2 Å². The number of carbonyl (C=O) groups is 3. The smallest absolute Gasteiger partial charge is 0.407 e. The van der Waals surface area contributed by atoms with E-state index in [9.17, 15) is 19.5 Å². The second kappa shape index (κ2) is 10.4. The van der Waals surface area contributed by atoms with Gasteiger partial charge in [0, 0.05) is 5.92 Å². The molecule has 0 saturated heterocycles. The Balaban J connectivity index is 1.28. The summed E-state index contributed by atoms with van der Waals surface area (Å²) < 4.78 is 5.40. The number of alkyl carbamates (subject to hydrolysis) is 1. The molecule has 0 radical (unpaired) electrons. The molecule has 1 atom stereocenters. The van der Waals surface area contributed by atoms with Gasteiger partial charge < -0.3 is 20.5 Å². The van der Waals surface area contributed by atoms with Crippen molar-refractivity contribution >= 4 is 18.0 Å². The van der Waals surface area contributed by atoms with Gasteiger partial charge in [0.25, 0.3) is 5.91 Å². The molecule has 7 nitrogen and oxygen atoms in total. The number of carboxylic acid groups (broad SMARTS) is 1. The number of aliphatic carboxylic acids is 1. The van der Waals surface area contributed by atoms with Crippen molar-refractivity contribution in [2.75, 3.05) is 13.2 Å². The minimum absolute atomic E-state index is 0.0547. The highest BCUT2D eigenvalue weighted by molar-refractivity contribution is 5.96. The van der Waals surface area contributed by atoms with E-state index in [4.69, 9.17) is 4.74 Å². The largest absolute Gasteiger partial charge is 0.479 e. The van der Waals surface area contributed by atoms with E-state index in [2.05, 4.69) is 34.6 Å². The Labute approximate surface area is 196 Å². The van der Waals surface area contributed by atoms with E-state index in [0.29, 0.717) is 5.56 Å². The first-order chi connectivity index (χ1) is 16.5. The first-order valence-electron chi connectivity index (χ1n) is 10.7. The molecule has 3 aromatic rings. The third-order valence-corrected chi connectivity index (χ3v) is 5.52. The van der Waals surface area contributed by atoms with Crippen molar-refractivity contribution in [3.8, 4) is 23.0 Å². The molecule has 1 aliphatic rings. The number of benzene rings is 3. The summed E-state index contributed by atoms with van der Waals surface area (Å²) in [5, 5.41) is 14.2. The van der Waals surface area contributed by atoms with Crippen molar-refractivity contribution in [3.63, 3.8) is 0 Å². The molecule has 0 fully saturated rings. The minimum atomic E-state index is -1.21. The van der Waals surface area contributed by atoms with Crippen LogP contribution in [0.25, 0.3) is 11.1 Å². The van der Waals surface area contributed by atoms with Gasteiger partial charge in [0.05, 0.1) is 6.54 Å². The van der Waals surface area contributed by atoms with Crippen LogP contribution in [0.3, 0.4) is 0 Å². The average Bonchev–Trinajstić information content (AvgIpc) is 3.18. The van der Waals surface area contributed by atoms with Crippen molar-refractivity contribution < 1.29 is 24.2 Å². The summed E-state index contributed by atoms with van der Waals surface area (Å²) in [6.07, 6.45) is -0.649. The molecular formula is C27H22N2O5. The van der Waals surface area contributed by atoms with E-state index in [-0.39, 0.29) is 19.1 Å². The maximum atomic E-state index is 12.1. The van der Waals surface area contributed by atoms with Crippen LogP contribution in [0.1, 0.15) is 28.7 Å². The highest BCUT2D eigenvalue weighted by Gasteiger charge is 2.29. The van der Waals surface area contributed by atoms with Crippen LogP contribution in [-0.2, 0) is 14.3 Å². The number of rotatable bonds is 6. The van der Waals surface area contributed by atoms with Crippen LogP contribution < -0.4 is 10.6 Å². The summed E-state index contributed by atoms with van der Waals surface area (Å²) in [5.41, 5.74) is 4.93. The normalized spacial score (nSPS) is 12.4. The number of fused-ring (bicyclic) bond motifs is 3. The second-order valence-electron chi connectivity index (χ2n) is 7.64. The van der Waals surface area contributed by atoms with Crippen molar-refractivity contribution in [2.45, 2.75) is 12.0 Å². The van der Waals surface area contributed by atoms with Gasteiger partial charge in [-0.15, -0.1) is 0 Å². The van der Waals surface area contributed by atoms with Crippen LogP contribution in [0.2, 0.25) is 0 Å². The first-order valence-corrected chi connectivity index (χ1v) is 10.7. The van der Waals surface area contributed by atoms with Crippen LogP contribution in [0.15, 0.2) is 78.9 Å². The lowest BCUT2D eigenvalue weighted by molar-refractivity contribution is -0.141. The summed E-state index contributed by atoms with van der Waals surface area (Å²) in [6.45, 7) is 0.0539.